The molecule has 7 aromatic rings. The quantitative estimate of drug-likeness (QED) is 0.124. The number of para-hydroxylation sites is 2. The smallest absolute Gasteiger partial charge is 0.310 e. The van der Waals surface area contributed by atoms with E-state index in [9.17, 15) is 26.3 Å². The highest BCUT2D eigenvalue weighted by Gasteiger charge is 2.52. The van der Waals surface area contributed by atoms with E-state index in [1.165, 1.54) is 59.2 Å². The van der Waals surface area contributed by atoms with Crippen molar-refractivity contribution in [2.24, 2.45) is 0 Å². The number of nitrogens with zero attached hydrogens (tertiary/aromatic N) is 1. The van der Waals surface area contributed by atoms with Gasteiger partial charge in [-0.1, -0.05) is 83.4 Å². The predicted molar refractivity (Wildman–Crippen MR) is 204 cm³/mol. The summed E-state index contributed by atoms with van der Waals surface area (Å²) in [6.45, 7) is -4.49. The first-order valence-corrected chi connectivity index (χ1v) is 19.1. The van der Waals surface area contributed by atoms with E-state index in [0.717, 1.165) is 24.3 Å². The molecule has 2 aliphatic heterocycles. The zero-order valence-corrected chi connectivity index (χ0v) is 31.9. The maximum absolute atomic E-state index is 15.1. The Labute approximate surface area is 351 Å². The van der Waals surface area contributed by atoms with E-state index in [0.29, 0.717) is 17.1 Å². The topological polar surface area (TPSA) is 4.93 Å². The van der Waals surface area contributed by atoms with Gasteiger partial charge in [-0.15, -0.1) is 0 Å². The van der Waals surface area contributed by atoms with Crippen LogP contribution in [0.25, 0.3) is 27.5 Å². The van der Waals surface area contributed by atoms with Crippen molar-refractivity contribution in [3.8, 4) is 5.69 Å². The number of alkyl halides is 18. The summed E-state index contributed by atoms with van der Waals surface area (Å²) in [5.74, 6) is 0. The Bertz CT molecular complexity index is 3010. The molecule has 0 unspecified atom stereocenters. The number of halogens is 18. The van der Waals surface area contributed by atoms with Gasteiger partial charge >= 0.3 is 37.1 Å². The number of fused-ring (bicyclic) bond motifs is 7. The van der Waals surface area contributed by atoms with Crippen LogP contribution < -0.4 is 32.8 Å². The minimum Gasteiger partial charge on any atom is -0.310 e. The van der Waals surface area contributed by atoms with Crippen LogP contribution in [-0.2, 0) is 37.1 Å². The van der Waals surface area contributed by atoms with Crippen molar-refractivity contribution in [2.75, 3.05) is 0 Å². The lowest BCUT2D eigenvalue weighted by Gasteiger charge is -2.35. The molecule has 1 aromatic heterocycles. The summed E-state index contributed by atoms with van der Waals surface area (Å²) < 4.78 is 266. The second kappa shape index (κ2) is 13.9. The van der Waals surface area contributed by atoms with Gasteiger partial charge < -0.3 is 4.57 Å². The van der Waals surface area contributed by atoms with Crippen LogP contribution in [0.4, 0.5) is 79.0 Å². The number of benzene rings is 6. The van der Waals surface area contributed by atoms with E-state index in [4.69, 9.17) is 0 Å². The van der Waals surface area contributed by atoms with Gasteiger partial charge in [0.15, 0.2) is 0 Å². The second-order valence-electron chi connectivity index (χ2n) is 15.0. The highest BCUT2D eigenvalue weighted by molar-refractivity contribution is 8.00. The summed E-state index contributed by atoms with van der Waals surface area (Å²) in [5, 5.41) is 0.508. The van der Waals surface area contributed by atoms with Gasteiger partial charge in [0.25, 0.3) is 0 Å². The Morgan fingerprint density at radius 2 is 0.812 bits per heavy atom. The summed E-state index contributed by atoms with van der Waals surface area (Å²) in [7, 11) is 0. The average molecular weight is 931 g/mol. The molecule has 3 heterocycles. The van der Waals surface area contributed by atoms with Gasteiger partial charge in [-0.3, -0.25) is 0 Å². The van der Waals surface area contributed by atoms with Crippen molar-refractivity contribution in [1.82, 2.24) is 4.57 Å². The van der Waals surface area contributed by atoms with Crippen LogP contribution in [0.2, 0.25) is 0 Å². The maximum Gasteiger partial charge on any atom is 0.416 e. The normalized spacial score (nSPS) is 14.6. The van der Waals surface area contributed by atoms with Crippen LogP contribution in [0.5, 0.6) is 0 Å². The van der Waals surface area contributed by atoms with Crippen molar-refractivity contribution in [3.63, 3.8) is 0 Å². The molecule has 0 saturated heterocycles. The van der Waals surface area contributed by atoms with Gasteiger partial charge in [0, 0.05) is 31.8 Å². The molecule has 22 heteroatoms. The molecule has 1 nitrogen and oxygen atoms in total. The van der Waals surface area contributed by atoms with Crippen LogP contribution in [0.1, 0.15) is 33.4 Å². The van der Waals surface area contributed by atoms with Crippen molar-refractivity contribution < 1.29 is 79.0 Å². The zero-order chi connectivity index (χ0) is 46.4. The Hall–Kier alpha value is -5.66. The largest absolute Gasteiger partial charge is 0.416 e. The summed E-state index contributed by atoms with van der Waals surface area (Å²) >= 11 is 0.645. The SMILES string of the molecule is FC(F)(F)c1cc(C(F)(F)F)c(B2c3ccccc3Sc3cc4c(cc32)-n2c3ccccc3c3cccc(c32)B4c2c(C(F)(F)F)cc(C(F)(F)F)cc2C(F)(F)F)c(C(F)(F)F)c1. The molecule has 328 valence electrons. The van der Waals surface area contributed by atoms with Gasteiger partial charge in [0.2, 0.25) is 13.4 Å². The standard InChI is InChI=1S/C42H17B2F18NS/c45-37(46,47)18-12-22(39(51,52)53)34(23(13-18)40(54,55)56)43-26-8-2-4-11-32(26)64-33-17-28-31(16-29(33)43)63-30-10-3-1-6-20(30)21-7-5-9-27(36(21)63)44(28)35-24(41(57,58)59)14-19(38(48,49)50)15-25(35)42(60,61)62/h1-17H. The molecule has 0 aliphatic carbocycles. The van der Waals surface area contributed by atoms with Crippen molar-refractivity contribution in [2.45, 2.75) is 46.8 Å². The summed E-state index contributed by atoms with van der Waals surface area (Å²) in [6.07, 6.45) is -34.9. The minimum atomic E-state index is -5.88. The lowest BCUT2D eigenvalue weighted by atomic mass is 9.32. The molecule has 0 spiro atoms. The van der Waals surface area contributed by atoms with E-state index in [1.807, 2.05) is 0 Å². The third kappa shape index (κ3) is 6.88. The van der Waals surface area contributed by atoms with Crippen LogP contribution >= 0.6 is 11.8 Å². The molecule has 0 atom stereocenters. The van der Waals surface area contributed by atoms with E-state index in [-0.39, 0.29) is 42.8 Å². The molecular formula is C42H17B2F18NS. The highest BCUT2D eigenvalue weighted by atomic mass is 32.2. The van der Waals surface area contributed by atoms with Crippen LogP contribution in [0.3, 0.4) is 0 Å². The third-order valence-corrected chi connectivity index (χ3v) is 12.5. The fraction of sp³-hybridized carbons (Fsp3) is 0.143. The monoisotopic (exact) mass is 931 g/mol. The molecule has 0 radical (unpaired) electrons. The molecule has 0 N–H and O–H groups in total. The maximum atomic E-state index is 15.1. The molecule has 2 aliphatic rings. The van der Waals surface area contributed by atoms with E-state index in [2.05, 4.69) is 0 Å². The summed E-state index contributed by atoms with van der Waals surface area (Å²) in [4.78, 5) is -0.404. The minimum absolute atomic E-state index is 0.0795. The van der Waals surface area contributed by atoms with Crippen molar-refractivity contribution in [3.05, 3.63) is 137 Å². The predicted octanol–water partition coefficient (Wildman–Crippen LogP) is 10.7. The first-order valence-electron chi connectivity index (χ1n) is 18.3. The zero-order valence-electron chi connectivity index (χ0n) is 31.1. The molecular weight excluding hydrogens is 914 g/mol. The van der Waals surface area contributed by atoms with E-state index in [1.54, 1.807) is 0 Å². The van der Waals surface area contributed by atoms with Crippen molar-refractivity contribution in [1.29, 1.82) is 0 Å². The number of aromatic nitrogens is 1. The highest BCUT2D eigenvalue weighted by Crippen LogP contribution is 2.44. The second-order valence-corrected chi connectivity index (χ2v) is 16.1. The van der Waals surface area contributed by atoms with Gasteiger partial charge in [0.1, 0.15) is 0 Å². The number of hydrogen-bond acceptors (Lipinski definition) is 1. The third-order valence-electron chi connectivity index (χ3n) is 11.3. The van der Waals surface area contributed by atoms with Gasteiger partial charge in [-0.2, -0.15) is 79.0 Å². The van der Waals surface area contributed by atoms with E-state index >= 15 is 52.7 Å². The first kappa shape index (κ1) is 43.6. The summed E-state index contributed by atoms with van der Waals surface area (Å²) in [6, 6.07) is 14.8. The molecule has 0 amide bonds. The van der Waals surface area contributed by atoms with Gasteiger partial charge in [0.05, 0.1) is 38.9 Å². The van der Waals surface area contributed by atoms with Crippen LogP contribution in [0, 0.1) is 0 Å². The Kier molecular flexibility index (Phi) is 9.48. The first-order chi connectivity index (χ1) is 29.6. The van der Waals surface area contributed by atoms with E-state index < -0.39 is 130 Å². The molecule has 6 aromatic carbocycles. The van der Waals surface area contributed by atoms with Crippen LogP contribution in [0.15, 0.2) is 113 Å². The fourth-order valence-electron chi connectivity index (χ4n) is 8.95. The van der Waals surface area contributed by atoms with Gasteiger partial charge in [-0.25, -0.2) is 0 Å². The molecule has 0 bridgehead atoms. The molecule has 0 saturated carbocycles. The fourth-order valence-corrected chi connectivity index (χ4v) is 10.1. The lowest BCUT2D eigenvalue weighted by Crippen LogP contribution is -2.62. The van der Waals surface area contributed by atoms with Gasteiger partial charge in [-0.05, 0) is 64.3 Å². The lowest BCUT2D eigenvalue weighted by molar-refractivity contribution is -0.149. The number of rotatable bonds is 2. The Morgan fingerprint density at radius 1 is 0.375 bits per heavy atom. The van der Waals surface area contributed by atoms with Crippen LogP contribution in [-0.4, -0.2) is 18.0 Å². The Balaban J connectivity index is 1.47. The Morgan fingerprint density at radius 3 is 1.31 bits per heavy atom. The average Bonchev–Trinajstić information content (AvgIpc) is 3.52. The molecule has 9 rings (SSSR count). The summed E-state index contributed by atoms with van der Waals surface area (Å²) in [5.41, 5.74) is -18.9. The molecule has 64 heavy (non-hydrogen) atoms. The van der Waals surface area contributed by atoms with Crippen molar-refractivity contribution >= 4 is 79.8 Å². The number of hydrogen-bond donors (Lipinski definition) is 0. The molecule has 0 fully saturated rings.